The van der Waals surface area contributed by atoms with E-state index in [1.54, 1.807) is 0 Å². The molecule has 0 aliphatic rings. The summed E-state index contributed by atoms with van der Waals surface area (Å²) in [5.41, 5.74) is 8.72. The predicted octanol–water partition coefficient (Wildman–Crippen LogP) is 9.04. The summed E-state index contributed by atoms with van der Waals surface area (Å²) in [6.45, 7) is 0. The molecule has 7 rings (SSSR count). The maximum atomic E-state index is 6.35. The Morgan fingerprint density at radius 2 is 0.973 bits per heavy atom. The van der Waals surface area contributed by atoms with Crippen molar-refractivity contribution in [3.05, 3.63) is 133 Å². The van der Waals surface area contributed by atoms with Gasteiger partial charge in [0.15, 0.2) is 5.82 Å². The molecule has 5 aromatic carbocycles. The molecule has 0 atom stereocenters. The van der Waals surface area contributed by atoms with Crippen LogP contribution in [0.1, 0.15) is 0 Å². The second-order valence-electron chi connectivity index (χ2n) is 9.06. The predicted molar refractivity (Wildman–Crippen MR) is 151 cm³/mol. The minimum Gasteiger partial charge on any atom is -0.456 e. The zero-order valence-electron chi connectivity index (χ0n) is 20.0. The number of benzene rings is 5. The molecule has 0 bridgehead atoms. The van der Waals surface area contributed by atoms with Gasteiger partial charge in [0.1, 0.15) is 11.2 Å². The molecule has 0 spiro atoms. The summed E-state index contributed by atoms with van der Waals surface area (Å²) in [6, 6.07) is 45.5. The zero-order valence-corrected chi connectivity index (χ0v) is 20.0. The maximum Gasteiger partial charge on any atom is 0.160 e. The first-order valence-electron chi connectivity index (χ1n) is 12.3. The molecule has 0 aliphatic heterocycles. The molecular weight excluding hydrogens is 452 g/mol. The number of hydrogen-bond donors (Lipinski definition) is 0. The Labute approximate surface area is 214 Å². The number of hydrogen-bond acceptors (Lipinski definition) is 3. The molecule has 0 radical (unpaired) electrons. The third-order valence-corrected chi connectivity index (χ3v) is 6.69. The van der Waals surface area contributed by atoms with E-state index in [1.165, 1.54) is 0 Å². The van der Waals surface area contributed by atoms with Gasteiger partial charge in [-0.1, -0.05) is 109 Å². The second-order valence-corrected chi connectivity index (χ2v) is 9.06. The number of fused-ring (bicyclic) bond motifs is 3. The summed E-state index contributed by atoms with van der Waals surface area (Å²) in [6.07, 6.45) is 0. The van der Waals surface area contributed by atoms with Crippen molar-refractivity contribution in [1.82, 2.24) is 9.97 Å². The van der Waals surface area contributed by atoms with Crippen molar-refractivity contribution in [3.63, 3.8) is 0 Å². The van der Waals surface area contributed by atoms with E-state index >= 15 is 0 Å². The number of aromatic nitrogens is 2. The smallest absolute Gasteiger partial charge is 0.160 e. The fraction of sp³-hybridized carbons (Fsp3) is 0. The second kappa shape index (κ2) is 8.89. The third kappa shape index (κ3) is 3.87. The van der Waals surface area contributed by atoms with Crippen molar-refractivity contribution in [2.24, 2.45) is 0 Å². The minimum absolute atomic E-state index is 0.666. The Balaban J connectivity index is 1.51. The first kappa shape index (κ1) is 21.3. The van der Waals surface area contributed by atoms with Gasteiger partial charge in [-0.2, -0.15) is 0 Å². The van der Waals surface area contributed by atoms with Gasteiger partial charge in [0.2, 0.25) is 0 Å². The lowest BCUT2D eigenvalue weighted by molar-refractivity contribution is 0.669. The van der Waals surface area contributed by atoms with Crippen LogP contribution < -0.4 is 0 Å². The van der Waals surface area contributed by atoms with Gasteiger partial charge in [-0.05, 0) is 35.4 Å². The van der Waals surface area contributed by atoms with Crippen LogP contribution in [0.4, 0.5) is 0 Å². The quantitative estimate of drug-likeness (QED) is 0.255. The number of rotatable bonds is 4. The molecule has 2 aromatic heterocycles. The summed E-state index contributed by atoms with van der Waals surface area (Å²) in [5.74, 6) is 0.666. The molecular formula is C34H22N2O. The van der Waals surface area contributed by atoms with Crippen LogP contribution in [-0.2, 0) is 0 Å². The van der Waals surface area contributed by atoms with Crippen LogP contribution in [0, 0.1) is 0 Å². The van der Waals surface area contributed by atoms with Gasteiger partial charge in [0.05, 0.1) is 11.4 Å². The van der Waals surface area contributed by atoms with Crippen molar-refractivity contribution in [2.75, 3.05) is 0 Å². The average Bonchev–Trinajstić information content (AvgIpc) is 3.36. The summed E-state index contributed by atoms with van der Waals surface area (Å²) in [7, 11) is 0. The van der Waals surface area contributed by atoms with Gasteiger partial charge in [0.25, 0.3) is 0 Å². The van der Waals surface area contributed by atoms with E-state index in [0.717, 1.165) is 61.1 Å². The SMILES string of the molecule is c1ccc(-c2cc(-c3ccccc3)nc(-c3cc(-c4ccccc4)c4c(c3)oc3ccccc34)n2)cc1. The Morgan fingerprint density at radius 1 is 0.432 bits per heavy atom. The van der Waals surface area contributed by atoms with Crippen LogP contribution >= 0.6 is 0 Å². The fourth-order valence-electron chi connectivity index (χ4n) is 4.92. The first-order valence-corrected chi connectivity index (χ1v) is 12.3. The van der Waals surface area contributed by atoms with Gasteiger partial charge < -0.3 is 4.42 Å². The molecule has 0 saturated heterocycles. The Bertz CT molecular complexity index is 1800. The molecule has 3 nitrogen and oxygen atoms in total. The Kier molecular flexibility index (Phi) is 5.11. The topological polar surface area (TPSA) is 38.9 Å². The molecule has 0 amide bonds. The van der Waals surface area contributed by atoms with E-state index in [0.29, 0.717) is 5.82 Å². The molecule has 37 heavy (non-hydrogen) atoms. The maximum absolute atomic E-state index is 6.35. The van der Waals surface area contributed by atoms with E-state index in [1.807, 2.05) is 54.6 Å². The lowest BCUT2D eigenvalue weighted by Gasteiger charge is -2.11. The van der Waals surface area contributed by atoms with E-state index < -0.39 is 0 Å². The average molecular weight is 475 g/mol. The summed E-state index contributed by atoms with van der Waals surface area (Å²) in [4.78, 5) is 10.1. The van der Waals surface area contributed by atoms with E-state index in [4.69, 9.17) is 14.4 Å². The molecule has 7 aromatic rings. The molecule has 0 N–H and O–H groups in total. The third-order valence-electron chi connectivity index (χ3n) is 6.69. The zero-order chi connectivity index (χ0) is 24.6. The number of furan rings is 1. The van der Waals surface area contributed by atoms with Crippen molar-refractivity contribution >= 4 is 21.9 Å². The highest BCUT2D eigenvalue weighted by molar-refractivity contribution is 6.13. The van der Waals surface area contributed by atoms with Gasteiger partial charge in [0, 0.05) is 27.5 Å². The van der Waals surface area contributed by atoms with Crippen LogP contribution in [0.15, 0.2) is 138 Å². The molecule has 0 unspecified atom stereocenters. The fourth-order valence-corrected chi connectivity index (χ4v) is 4.92. The Hall–Kier alpha value is -5.02. The highest BCUT2D eigenvalue weighted by Crippen LogP contribution is 2.40. The van der Waals surface area contributed by atoms with Crippen LogP contribution in [0.5, 0.6) is 0 Å². The lowest BCUT2D eigenvalue weighted by Crippen LogP contribution is -1.96. The standard InChI is InChI=1S/C34H22N2O/c1-4-12-23(13-5-1)28-20-26(21-32-33(28)27-18-10-11-19-31(27)37-32)34-35-29(24-14-6-2-7-15-24)22-30(36-34)25-16-8-3-9-17-25/h1-22H. The first-order chi connectivity index (χ1) is 18.3. The lowest BCUT2D eigenvalue weighted by atomic mass is 9.96. The van der Waals surface area contributed by atoms with E-state index in [9.17, 15) is 0 Å². The highest BCUT2D eigenvalue weighted by Gasteiger charge is 2.17. The van der Waals surface area contributed by atoms with Crippen LogP contribution in [0.2, 0.25) is 0 Å². The van der Waals surface area contributed by atoms with Gasteiger partial charge in [-0.25, -0.2) is 9.97 Å². The summed E-state index contributed by atoms with van der Waals surface area (Å²) >= 11 is 0. The van der Waals surface area contributed by atoms with Crippen LogP contribution in [-0.4, -0.2) is 9.97 Å². The molecule has 2 heterocycles. The molecule has 174 valence electrons. The number of nitrogens with zero attached hydrogens (tertiary/aromatic N) is 2. The van der Waals surface area contributed by atoms with Crippen molar-refractivity contribution in [2.45, 2.75) is 0 Å². The van der Waals surface area contributed by atoms with Gasteiger partial charge in [-0.15, -0.1) is 0 Å². The van der Waals surface area contributed by atoms with Gasteiger partial charge in [-0.3, -0.25) is 0 Å². The summed E-state index contributed by atoms with van der Waals surface area (Å²) in [5, 5.41) is 2.21. The Morgan fingerprint density at radius 3 is 1.59 bits per heavy atom. The van der Waals surface area contributed by atoms with Crippen LogP contribution in [0.25, 0.3) is 67.0 Å². The van der Waals surface area contributed by atoms with Gasteiger partial charge >= 0.3 is 0 Å². The molecule has 3 heteroatoms. The normalized spacial score (nSPS) is 11.2. The van der Waals surface area contributed by atoms with E-state index in [2.05, 4.69) is 78.9 Å². The summed E-state index contributed by atoms with van der Waals surface area (Å²) < 4.78 is 6.35. The highest BCUT2D eigenvalue weighted by atomic mass is 16.3. The monoisotopic (exact) mass is 474 g/mol. The number of para-hydroxylation sites is 1. The van der Waals surface area contributed by atoms with Crippen molar-refractivity contribution in [3.8, 4) is 45.0 Å². The van der Waals surface area contributed by atoms with Crippen LogP contribution in [0.3, 0.4) is 0 Å². The molecule has 0 saturated carbocycles. The largest absolute Gasteiger partial charge is 0.456 e. The minimum atomic E-state index is 0.666. The molecule has 0 fully saturated rings. The van der Waals surface area contributed by atoms with E-state index in [-0.39, 0.29) is 0 Å². The molecule has 0 aliphatic carbocycles. The van der Waals surface area contributed by atoms with Crippen molar-refractivity contribution < 1.29 is 4.42 Å². The van der Waals surface area contributed by atoms with Crippen molar-refractivity contribution in [1.29, 1.82) is 0 Å².